The van der Waals surface area contributed by atoms with Crippen LogP contribution in [0, 0.1) is 0 Å². The number of nitrogens with zero attached hydrogens (tertiary/aromatic N) is 1. The number of hydrogen-bond donors (Lipinski definition) is 1. The largest absolute Gasteiger partial charge is 0.468 e. The molecule has 0 aromatic heterocycles. The molecule has 0 saturated carbocycles. The van der Waals surface area contributed by atoms with Gasteiger partial charge >= 0.3 is 0 Å². The van der Waals surface area contributed by atoms with Crippen molar-refractivity contribution in [2.45, 2.75) is 18.9 Å². The monoisotopic (exact) mass is 417 g/mol. The van der Waals surface area contributed by atoms with Crippen molar-refractivity contribution in [3.63, 3.8) is 0 Å². The van der Waals surface area contributed by atoms with Crippen LogP contribution in [0.1, 0.15) is 44.7 Å². The van der Waals surface area contributed by atoms with Crippen molar-refractivity contribution in [3.8, 4) is 5.75 Å². The number of carbonyl (C=O) groups excluding carboxylic acids is 2. The van der Waals surface area contributed by atoms with Gasteiger partial charge < -0.3 is 9.64 Å². The predicted molar refractivity (Wildman–Crippen MR) is 114 cm³/mol. The standard InChI is InChI=1S/C24H17ClN2O3/c25-13-7-8-16-18(11-13)30-19-12-17(27-9-3-4-10-27)20-21(22(19)26-16)24(29)15-6-2-1-5-14(15)23(20)28/h1-2,5-8,11-12,18H,3-4,9-10H2/p+1. The number of carbonyl (C=O) groups is 2. The van der Waals surface area contributed by atoms with Crippen molar-refractivity contribution in [2.24, 2.45) is 0 Å². The molecule has 2 aromatic carbocycles. The molecule has 6 rings (SSSR count). The average Bonchev–Trinajstić information content (AvgIpc) is 3.30. The maximum Gasteiger partial charge on any atom is 0.258 e. The molecule has 1 atom stereocenters. The molecule has 0 bridgehead atoms. The van der Waals surface area contributed by atoms with Crippen LogP contribution in [-0.2, 0) is 0 Å². The second-order valence-electron chi connectivity index (χ2n) is 7.92. The van der Waals surface area contributed by atoms with E-state index in [0.29, 0.717) is 38.7 Å². The molecule has 2 aliphatic carbocycles. The van der Waals surface area contributed by atoms with E-state index in [0.717, 1.165) is 37.3 Å². The molecule has 30 heavy (non-hydrogen) atoms. The van der Waals surface area contributed by atoms with Crippen LogP contribution in [0.2, 0.25) is 0 Å². The quantitative estimate of drug-likeness (QED) is 0.661. The number of anilines is 1. The van der Waals surface area contributed by atoms with Crippen molar-refractivity contribution < 1.29 is 19.3 Å². The van der Waals surface area contributed by atoms with Gasteiger partial charge in [0.15, 0.2) is 11.5 Å². The maximum atomic E-state index is 13.6. The number of benzene rings is 2. The fourth-order valence-electron chi connectivity index (χ4n) is 4.72. The van der Waals surface area contributed by atoms with E-state index in [4.69, 9.17) is 16.3 Å². The number of ketones is 2. The topological polar surface area (TPSA) is 60.6 Å². The van der Waals surface area contributed by atoms with Crippen LogP contribution in [-0.4, -0.2) is 36.5 Å². The van der Waals surface area contributed by atoms with E-state index in [1.54, 1.807) is 30.3 Å². The summed E-state index contributed by atoms with van der Waals surface area (Å²) >= 11 is 6.16. The van der Waals surface area contributed by atoms with Gasteiger partial charge in [-0.1, -0.05) is 35.9 Å². The van der Waals surface area contributed by atoms with E-state index in [2.05, 4.69) is 9.89 Å². The van der Waals surface area contributed by atoms with Crippen LogP contribution in [0.5, 0.6) is 5.75 Å². The summed E-state index contributed by atoms with van der Waals surface area (Å²) in [5.74, 6) is 0.308. The zero-order valence-electron chi connectivity index (χ0n) is 16.1. The summed E-state index contributed by atoms with van der Waals surface area (Å²) in [6, 6.07) is 8.94. The highest BCUT2D eigenvalue weighted by Gasteiger charge is 2.42. The lowest BCUT2D eigenvalue weighted by Crippen LogP contribution is -2.72. The minimum absolute atomic E-state index is 0.110. The van der Waals surface area contributed by atoms with E-state index in [1.807, 2.05) is 18.2 Å². The number of hydrogen-bond acceptors (Lipinski definition) is 4. The third kappa shape index (κ3) is 2.45. The lowest BCUT2D eigenvalue weighted by molar-refractivity contribution is -0.362. The minimum atomic E-state index is -0.346. The first-order valence-corrected chi connectivity index (χ1v) is 10.5. The molecule has 2 aromatic rings. The van der Waals surface area contributed by atoms with Crippen LogP contribution in [0.25, 0.3) is 0 Å². The maximum absolute atomic E-state index is 13.6. The van der Waals surface area contributed by atoms with E-state index in [-0.39, 0.29) is 17.7 Å². The van der Waals surface area contributed by atoms with Crippen molar-refractivity contribution >= 4 is 40.3 Å². The molecular formula is C24H18ClN2O3+. The Morgan fingerprint density at radius 2 is 1.70 bits per heavy atom. The summed E-state index contributed by atoms with van der Waals surface area (Å²) in [6.45, 7) is 1.72. The molecule has 5 nitrogen and oxygen atoms in total. The van der Waals surface area contributed by atoms with Crippen molar-refractivity contribution in [1.82, 2.24) is 0 Å². The third-order valence-electron chi connectivity index (χ3n) is 6.15. The van der Waals surface area contributed by atoms with E-state index in [9.17, 15) is 9.59 Å². The van der Waals surface area contributed by atoms with Gasteiger partial charge in [0.1, 0.15) is 5.56 Å². The summed E-state index contributed by atoms with van der Waals surface area (Å²) in [5.41, 5.74) is 3.91. The lowest BCUT2D eigenvalue weighted by Gasteiger charge is -2.29. The van der Waals surface area contributed by atoms with Crippen LogP contribution in [0.4, 0.5) is 11.4 Å². The van der Waals surface area contributed by atoms with Crippen LogP contribution < -0.4 is 14.6 Å². The number of ether oxygens (including phenoxy) is 1. The first-order valence-electron chi connectivity index (χ1n) is 10.1. The van der Waals surface area contributed by atoms with Crippen LogP contribution >= 0.6 is 11.6 Å². The van der Waals surface area contributed by atoms with Crippen LogP contribution in [0.15, 0.2) is 53.6 Å². The molecule has 0 radical (unpaired) electrons. The Bertz CT molecular complexity index is 1240. The fourth-order valence-corrected chi connectivity index (χ4v) is 4.90. The minimum Gasteiger partial charge on any atom is -0.468 e. The number of fused-ring (bicyclic) bond motifs is 5. The number of rotatable bonds is 1. The first-order chi connectivity index (χ1) is 14.6. The Morgan fingerprint density at radius 1 is 1.00 bits per heavy atom. The van der Waals surface area contributed by atoms with Gasteiger partial charge in [-0.15, -0.1) is 0 Å². The van der Waals surface area contributed by atoms with Gasteiger partial charge in [-0.2, -0.15) is 0 Å². The highest BCUT2D eigenvalue weighted by Crippen LogP contribution is 2.43. The summed E-state index contributed by atoms with van der Waals surface area (Å²) in [6.07, 6.45) is 7.23. The van der Waals surface area contributed by atoms with Gasteiger partial charge in [0.2, 0.25) is 17.6 Å². The summed E-state index contributed by atoms with van der Waals surface area (Å²) in [4.78, 5) is 32.7. The Morgan fingerprint density at radius 3 is 2.43 bits per heavy atom. The molecule has 2 aliphatic heterocycles. The second kappa shape index (κ2) is 6.41. The van der Waals surface area contributed by atoms with Gasteiger partial charge in [0.25, 0.3) is 5.69 Å². The number of allylic oxidation sites excluding steroid dienone is 2. The van der Waals surface area contributed by atoms with Gasteiger partial charge in [-0.05, 0) is 25.0 Å². The smallest absolute Gasteiger partial charge is 0.258 e. The number of nitrogens with one attached hydrogen (secondary N) is 1. The molecule has 1 N–H and O–H groups in total. The molecular weight excluding hydrogens is 400 g/mol. The Hall–Kier alpha value is -3.18. The molecule has 6 heteroatoms. The van der Waals surface area contributed by atoms with E-state index < -0.39 is 0 Å². The SMILES string of the molecule is O=C1c2ccccc2C(=O)c2c3c(cc(N4CCCC4)c21)OC1C=C(Cl)C=CC1=[NH+]3. The lowest BCUT2D eigenvalue weighted by atomic mass is 9.81. The van der Waals surface area contributed by atoms with Gasteiger partial charge in [-0.3, -0.25) is 9.59 Å². The fraction of sp³-hybridized carbons (Fsp3) is 0.208. The van der Waals surface area contributed by atoms with Crippen molar-refractivity contribution in [1.29, 1.82) is 0 Å². The molecule has 0 amide bonds. The number of halogens is 1. The molecule has 1 saturated heterocycles. The van der Waals surface area contributed by atoms with E-state index in [1.165, 1.54) is 0 Å². The molecule has 0 spiro atoms. The van der Waals surface area contributed by atoms with E-state index >= 15 is 0 Å². The van der Waals surface area contributed by atoms with Gasteiger partial charge in [0.05, 0.1) is 11.3 Å². The summed E-state index contributed by atoms with van der Waals surface area (Å²) in [7, 11) is 0. The summed E-state index contributed by atoms with van der Waals surface area (Å²) in [5, 5.41) is 0.604. The summed E-state index contributed by atoms with van der Waals surface area (Å²) < 4.78 is 6.24. The predicted octanol–water partition coefficient (Wildman–Crippen LogP) is 2.67. The second-order valence-corrected chi connectivity index (χ2v) is 8.36. The van der Waals surface area contributed by atoms with Crippen LogP contribution in [0.3, 0.4) is 0 Å². The Kier molecular flexibility index (Phi) is 3.77. The van der Waals surface area contributed by atoms with Crippen molar-refractivity contribution in [2.75, 3.05) is 18.0 Å². The first kappa shape index (κ1) is 17.7. The highest BCUT2D eigenvalue weighted by atomic mass is 35.5. The normalized spacial score (nSPS) is 21.2. The zero-order chi connectivity index (χ0) is 20.4. The Labute approximate surface area is 178 Å². The average molecular weight is 418 g/mol. The molecule has 2 heterocycles. The van der Waals surface area contributed by atoms with Gasteiger partial charge in [0, 0.05) is 41.4 Å². The zero-order valence-corrected chi connectivity index (χ0v) is 16.8. The highest BCUT2D eigenvalue weighted by molar-refractivity contribution is 6.33. The molecule has 1 unspecified atom stereocenters. The third-order valence-corrected chi connectivity index (χ3v) is 6.40. The van der Waals surface area contributed by atoms with Crippen molar-refractivity contribution in [3.05, 3.63) is 75.8 Å². The molecule has 4 aliphatic rings. The molecule has 148 valence electrons. The van der Waals surface area contributed by atoms with Gasteiger partial charge in [-0.25, -0.2) is 4.99 Å². The molecule has 1 fully saturated rings. The Balaban J connectivity index is 1.64.